The van der Waals surface area contributed by atoms with Crippen molar-refractivity contribution in [2.24, 2.45) is 12.8 Å². The van der Waals surface area contributed by atoms with E-state index in [2.05, 4.69) is 4.98 Å². The molecular formula is C13H16ClN3O. The predicted octanol–water partition coefficient (Wildman–Crippen LogP) is 2.60. The molecule has 0 spiro atoms. The number of ether oxygens (including phenoxy) is 1. The molecule has 0 atom stereocenters. The fraction of sp³-hybridized carbons (Fsp3) is 0.308. The smallest absolute Gasteiger partial charge is 0.141 e. The summed E-state index contributed by atoms with van der Waals surface area (Å²) in [6, 6.07) is 7.76. The summed E-state index contributed by atoms with van der Waals surface area (Å²) in [7, 11) is 1.88. The van der Waals surface area contributed by atoms with Gasteiger partial charge in [0.15, 0.2) is 0 Å². The Hall–Kier alpha value is -1.52. The SMILES string of the molecule is CCOc1ccc(-c2nc(CN)c(Cl)n2C)cc1. The van der Waals surface area contributed by atoms with E-state index >= 15 is 0 Å². The van der Waals surface area contributed by atoms with E-state index in [-0.39, 0.29) is 0 Å². The standard InChI is InChI=1S/C13H16ClN3O/c1-3-18-10-6-4-9(5-7-10)13-16-11(8-15)12(14)17(13)2/h4-7H,3,8,15H2,1-2H3. The van der Waals surface area contributed by atoms with Crippen LogP contribution in [0, 0.1) is 0 Å². The van der Waals surface area contributed by atoms with Gasteiger partial charge in [-0.15, -0.1) is 0 Å². The van der Waals surface area contributed by atoms with Crippen LogP contribution in [-0.4, -0.2) is 16.2 Å². The molecule has 0 amide bonds. The number of nitrogens with two attached hydrogens (primary N) is 1. The number of hydrogen-bond donors (Lipinski definition) is 1. The molecule has 0 bridgehead atoms. The molecule has 0 aliphatic heterocycles. The van der Waals surface area contributed by atoms with Gasteiger partial charge in [-0.25, -0.2) is 4.98 Å². The third kappa shape index (κ3) is 2.35. The average molecular weight is 266 g/mol. The Balaban J connectivity index is 2.36. The molecule has 1 heterocycles. The second kappa shape index (κ2) is 5.42. The van der Waals surface area contributed by atoms with Crippen molar-refractivity contribution in [2.45, 2.75) is 13.5 Å². The maximum atomic E-state index is 6.14. The third-order valence-corrected chi connectivity index (χ3v) is 3.18. The van der Waals surface area contributed by atoms with Gasteiger partial charge in [-0.1, -0.05) is 11.6 Å². The molecular weight excluding hydrogens is 250 g/mol. The largest absolute Gasteiger partial charge is 0.494 e. The van der Waals surface area contributed by atoms with Crippen LogP contribution in [0.25, 0.3) is 11.4 Å². The van der Waals surface area contributed by atoms with Crippen LogP contribution in [-0.2, 0) is 13.6 Å². The zero-order chi connectivity index (χ0) is 13.1. The number of hydrogen-bond acceptors (Lipinski definition) is 3. The van der Waals surface area contributed by atoms with Gasteiger partial charge in [0.2, 0.25) is 0 Å². The van der Waals surface area contributed by atoms with Crippen LogP contribution in [0.1, 0.15) is 12.6 Å². The summed E-state index contributed by atoms with van der Waals surface area (Å²) >= 11 is 6.14. The number of rotatable bonds is 4. The van der Waals surface area contributed by atoms with Crippen molar-refractivity contribution in [1.29, 1.82) is 0 Å². The van der Waals surface area contributed by atoms with E-state index in [1.807, 2.05) is 42.8 Å². The summed E-state index contributed by atoms with van der Waals surface area (Å²) in [5.41, 5.74) is 7.29. The summed E-state index contributed by atoms with van der Waals surface area (Å²) in [5.74, 6) is 1.66. The van der Waals surface area contributed by atoms with Crippen molar-refractivity contribution in [3.05, 3.63) is 35.1 Å². The van der Waals surface area contributed by atoms with E-state index < -0.39 is 0 Å². The molecule has 2 N–H and O–H groups in total. The molecule has 4 nitrogen and oxygen atoms in total. The van der Waals surface area contributed by atoms with E-state index in [4.69, 9.17) is 22.1 Å². The molecule has 1 aromatic carbocycles. The molecule has 0 aliphatic rings. The van der Waals surface area contributed by atoms with Crippen molar-refractivity contribution >= 4 is 11.6 Å². The molecule has 0 unspecified atom stereocenters. The van der Waals surface area contributed by atoms with Crippen LogP contribution in [0.4, 0.5) is 0 Å². The quantitative estimate of drug-likeness (QED) is 0.925. The van der Waals surface area contributed by atoms with Gasteiger partial charge in [-0.3, -0.25) is 0 Å². The van der Waals surface area contributed by atoms with Gasteiger partial charge in [0.1, 0.15) is 16.7 Å². The average Bonchev–Trinajstić information content (AvgIpc) is 2.68. The maximum absolute atomic E-state index is 6.14. The lowest BCUT2D eigenvalue weighted by Crippen LogP contribution is -1.97. The maximum Gasteiger partial charge on any atom is 0.141 e. The molecule has 2 aromatic rings. The minimum atomic E-state index is 0.337. The van der Waals surface area contributed by atoms with Crippen molar-refractivity contribution in [1.82, 2.24) is 9.55 Å². The van der Waals surface area contributed by atoms with E-state index in [0.717, 1.165) is 17.1 Å². The van der Waals surface area contributed by atoms with E-state index in [9.17, 15) is 0 Å². The van der Waals surface area contributed by atoms with E-state index in [1.165, 1.54) is 0 Å². The molecule has 2 rings (SSSR count). The third-order valence-electron chi connectivity index (χ3n) is 2.71. The summed E-state index contributed by atoms with van der Waals surface area (Å²) < 4.78 is 7.24. The number of halogens is 1. The highest BCUT2D eigenvalue weighted by Crippen LogP contribution is 2.26. The fourth-order valence-corrected chi connectivity index (χ4v) is 1.99. The number of nitrogens with zero attached hydrogens (tertiary/aromatic N) is 2. The van der Waals surface area contributed by atoms with Crippen molar-refractivity contribution in [2.75, 3.05) is 6.61 Å². The van der Waals surface area contributed by atoms with Crippen LogP contribution < -0.4 is 10.5 Å². The minimum Gasteiger partial charge on any atom is -0.494 e. The molecule has 0 radical (unpaired) electrons. The van der Waals surface area contributed by atoms with Gasteiger partial charge < -0.3 is 15.0 Å². The second-order valence-electron chi connectivity index (χ2n) is 3.89. The molecule has 18 heavy (non-hydrogen) atoms. The van der Waals surface area contributed by atoms with Crippen LogP contribution in [0.2, 0.25) is 5.15 Å². The Kier molecular flexibility index (Phi) is 3.89. The summed E-state index contributed by atoms with van der Waals surface area (Å²) in [5, 5.41) is 0.585. The normalized spacial score (nSPS) is 10.7. The summed E-state index contributed by atoms with van der Waals surface area (Å²) in [4.78, 5) is 4.44. The first-order valence-corrected chi connectivity index (χ1v) is 6.19. The Labute approximate surface area is 111 Å². The molecule has 0 aliphatic carbocycles. The summed E-state index contributed by atoms with van der Waals surface area (Å²) in [6.07, 6.45) is 0. The Morgan fingerprint density at radius 3 is 2.50 bits per heavy atom. The lowest BCUT2D eigenvalue weighted by Gasteiger charge is -2.05. The zero-order valence-electron chi connectivity index (χ0n) is 10.5. The second-order valence-corrected chi connectivity index (χ2v) is 4.25. The topological polar surface area (TPSA) is 53.1 Å². The van der Waals surface area contributed by atoms with E-state index in [0.29, 0.717) is 24.0 Å². The molecule has 96 valence electrons. The first kappa shape index (κ1) is 12.9. The van der Waals surface area contributed by atoms with Crippen LogP contribution in [0.15, 0.2) is 24.3 Å². The lowest BCUT2D eigenvalue weighted by atomic mass is 10.2. The lowest BCUT2D eigenvalue weighted by molar-refractivity contribution is 0.340. The first-order valence-electron chi connectivity index (χ1n) is 5.81. The fourth-order valence-electron chi connectivity index (χ4n) is 1.79. The predicted molar refractivity (Wildman–Crippen MR) is 72.7 cm³/mol. The Bertz CT molecular complexity index is 534. The molecule has 5 heteroatoms. The van der Waals surface area contributed by atoms with Crippen molar-refractivity contribution in [3.63, 3.8) is 0 Å². The van der Waals surface area contributed by atoms with Crippen LogP contribution in [0.5, 0.6) is 5.75 Å². The molecule has 0 saturated carbocycles. The highest BCUT2D eigenvalue weighted by atomic mass is 35.5. The monoisotopic (exact) mass is 265 g/mol. The van der Waals surface area contributed by atoms with Gasteiger partial charge in [0.25, 0.3) is 0 Å². The highest BCUT2D eigenvalue weighted by molar-refractivity contribution is 6.30. The molecule has 1 aromatic heterocycles. The van der Waals surface area contributed by atoms with Gasteiger partial charge in [0.05, 0.1) is 12.3 Å². The van der Waals surface area contributed by atoms with Gasteiger partial charge >= 0.3 is 0 Å². The van der Waals surface area contributed by atoms with Gasteiger partial charge in [0, 0.05) is 19.2 Å². The highest BCUT2D eigenvalue weighted by Gasteiger charge is 2.13. The van der Waals surface area contributed by atoms with Crippen molar-refractivity contribution < 1.29 is 4.74 Å². The first-order chi connectivity index (χ1) is 8.67. The van der Waals surface area contributed by atoms with Crippen LogP contribution in [0.3, 0.4) is 0 Å². The Morgan fingerprint density at radius 1 is 1.33 bits per heavy atom. The number of aromatic nitrogens is 2. The van der Waals surface area contributed by atoms with Gasteiger partial charge in [-0.2, -0.15) is 0 Å². The van der Waals surface area contributed by atoms with E-state index in [1.54, 1.807) is 0 Å². The van der Waals surface area contributed by atoms with Gasteiger partial charge in [-0.05, 0) is 31.2 Å². The van der Waals surface area contributed by atoms with Crippen LogP contribution >= 0.6 is 11.6 Å². The zero-order valence-corrected chi connectivity index (χ0v) is 11.2. The molecule has 0 fully saturated rings. The number of benzene rings is 1. The molecule has 0 saturated heterocycles. The minimum absolute atomic E-state index is 0.337. The number of imidazole rings is 1. The van der Waals surface area contributed by atoms with Crippen molar-refractivity contribution in [3.8, 4) is 17.1 Å². The summed E-state index contributed by atoms with van der Waals surface area (Å²) in [6.45, 7) is 2.95. The Morgan fingerprint density at radius 2 is 2.00 bits per heavy atom.